The maximum Gasteiger partial charge on any atom is 0.119 e. The van der Waals surface area contributed by atoms with Crippen LogP contribution in [0.25, 0.3) is 10.9 Å². The third kappa shape index (κ3) is 2.91. The van der Waals surface area contributed by atoms with Crippen molar-refractivity contribution in [3.05, 3.63) is 48.2 Å². The summed E-state index contributed by atoms with van der Waals surface area (Å²) >= 11 is 0. The molecule has 0 aliphatic rings. The zero-order chi connectivity index (χ0) is 14.7. The van der Waals surface area contributed by atoms with Gasteiger partial charge in [-0.15, -0.1) is 0 Å². The molecule has 0 atom stereocenters. The van der Waals surface area contributed by atoms with Crippen molar-refractivity contribution in [1.29, 1.82) is 0 Å². The Hall–Kier alpha value is -2.69. The Morgan fingerprint density at radius 3 is 3.05 bits per heavy atom. The van der Waals surface area contributed by atoms with Gasteiger partial charge in [-0.1, -0.05) is 12.1 Å². The van der Waals surface area contributed by atoms with E-state index in [2.05, 4.69) is 21.6 Å². The van der Waals surface area contributed by atoms with Gasteiger partial charge in [-0.2, -0.15) is 5.10 Å². The number of benzene rings is 2. The van der Waals surface area contributed by atoms with Crippen LogP contribution in [0.5, 0.6) is 5.75 Å². The molecule has 21 heavy (non-hydrogen) atoms. The van der Waals surface area contributed by atoms with E-state index >= 15 is 0 Å². The molecule has 2 aromatic carbocycles. The first-order valence-electron chi connectivity index (χ1n) is 6.85. The molecular formula is C16H18N4O. The van der Waals surface area contributed by atoms with Gasteiger partial charge < -0.3 is 15.8 Å². The number of hydrogen-bond donors (Lipinski definition) is 3. The quantitative estimate of drug-likeness (QED) is 0.629. The number of aromatic nitrogens is 2. The summed E-state index contributed by atoms with van der Waals surface area (Å²) in [5, 5.41) is 11.3. The Bertz CT molecular complexity index is 751. The molecule has 0 saturated carbocycles. The van der Waals surface area contributed by atoms with E-state index in [4.69, 9.17) is 10.5 Å². The van der Waals surface area contributed by atoms with Gasteiger partial charge in [0.15, 0.2) is 0 Å². The number of aromatic amines is 1. The van der Waals surface area contributed by atoms with E-state index < -0.39 is 0 Å². The first-order chi connectivity index (χ1) is 10.3. The predicted molar refractivity (Wildman–Crippen MR) is 85.7 cm³/mol. The summed E-state index contributed by atoms with van der Waals surface area (Å²) in [6.07, 6.45) is 2.67. The van der Waals surface area contributed by atoms with Crippen LogP contribution in [0.15, 0.2) is 42.6 Å². The molecule has 3 rings (SSSR count). The molecule has 0 bridgehead atoms. The van der Waals surface area contributed by atoms with E-state index in [-0.39, 0.29) is 0 Å². The Morgan fingerprint density at radius 2 is 2.19 bits per heavy atom. The van der Waals surface area contributed by atoms with Crippen molar-refractivity contribution < 1.29 is 4.74 Å². The molecule has 108 valence electrons. The number of ether oxygens (including phenoxy) is 1. The standard InChI is InChI=1S/C16H18N4O/c1-21-13-4-2-3-11(7-13)5-6-18-16-9-15-12(8-14(16)17)10-19-20-15/h2-4,7-10,18H,5-6,17H2,1H3,(H,19,20). The number of nitrogen functional groups attached to an aromatic ring is 1. The normalized spacial score (nSPS) is 10.7. The van der Waals surface area contributed by atoms with Gasteiger partial charge in [0.25, 0.3) is 0 Å². The molecule has 0 spiro atoms. The second-order valence-corrected chi connectivity index (χ2v) is 4.93. The summed E-state index contributed by atoms with van der Waals surface area (Å²) in [6.45, 7) is 0.803. The maximum atomic E-state index is 6.05. The van der Waals surface area contributed by atoms with Crippen LogP contribution in [0.1, 0.15) is 5.56 Å². The first-order valence-corrected chi connectivity index (χ1v) is 6.85. The monoisotopic (exact) mass is 282 g/mol. The van der Waals surface area contributed by atoms with Crippen molar-refractivity contribution in [2.24, 2.45) is 0 Å². The highest BCUT2D eigenvalue weighted by Gasteiger charge is 2.03. The van der Waals surface area contributed by atoms with Crippen LogP contribution >= 0.6 is 0 Å². The van der Waals surface area contributed by atoms with Gasteiger partial charge in [-0.25, -0.2) is 0 Å². The molecule has 0 amide bonds. The number of hydrogen-bond acceptors (Lipinski definition) is 4. The van der Waals surface area contributed by atoms with Gasteiger partial charge in [0.05, 0.1) is 30.2 Å². The van der Waals surface area contributed by atoms with Gasteiger partial charge >= 0.3 is 0 Å². The number of fused-ring (bicyclic) bond motifs is 1. The van der Waals surface area contributed by atoms with E-state index in [1.165, 1.54) is 5.56 Å². The van der Waals surface area contributed by atoms with Gasteiger partial charge in [-0.05, 0) is 36.2 Å². The summed E-state index contributed by atoms with van der Waals surface area (Å²) in [4.78, 5) is 0. The Morgan fingerprint density at radius 1 is 1.29 bits per heavy atom. The summed E-state index contributed by atoms with van der Waals surface area (Å²) in [5.74, 6) is 0.880. The van der Waals surface area contributed by atoms with Crippen molar-refractivity contribution in [1.82, 2.24) is 10.2 Å². The average Bonchev–Trinajstić information content (AvgIpc) is 2.94. The van der Waals surface area contributed by atoms with Gasteiger partial charge in [-0.3, -0.25) is 5.10 Å². The van der Waals surface area contributed by atoms with Crippen molar-refractivity contribution >= 4 is 22.3 Å². The lowest BCUT2D eigenvalue weighted by Crippen LogP contribution is -2.07. The number of nitrogens with one attached hydrogen (secondary N) is 2. The average molecular weight is 282 g/mol. The fourth-order valence-electron chi connectivity index (χ4n) is 2.33. The van der Waals surface area contributed by atoms with Gasteiger partial charge in [0, 0.05) is 11.9 Å². The molecule has 5 heteroatoms. The van der Waals surface area contributed by atoms with E-state index in [1.54, 1.807) is 13.3 Å². The summed E-state index contributed by atoms with van der Waals surface area (Å²) < 4.78 is 5.23. The van der Waals surface area contributed by atoms with Crippen LogP contribution in [-0.2, 0) is 6.42 Å². The number of H-pyrrole nitrogens is 1. The lowest BCUT2D eigenvalue weighted by Gasteiger charge is -2.10. The van der Waals surface area contributed by atoms with Crippen molar-refractivity contribution in [2.75, 3.05) is 24.7 Å². The number of anilines is 2. The summed E-state index contributed by atoms with van der Waals surface area (Å²) in [5.41, 5.74) is 9.91. The maximum absolute atomic E-state index is 6.05. The largest absolute Gasteiger partial charge is 0.497 e. The molecule has 0 unspecified atom stereocenters. The van der Waals surface area contributed by atoms with E-state index in [1.807, 2.05) is 30.3 Å². The molecule has 0 radical (unpaired) electrons. The fourth-order valence-corrected chi connectivity index (χ4v) is 2.33. The SMILES string of the molecule is COc1cccc(CCNc2cc3[nH]ncc3cc2N)c1. The number of rotatable bonds is 5. The fraction of sp³-hybridized carbons (Fsp3) is 0.188. The van der Waals surface area contributed by atoms with Crippen molar-refractivity contribution in [3.63, 3.8) is 0 Å². The second kappa shape index (κ2) is 5.75. The van der Waals surface area contributed by atoms with Crippen LogP contribution in [0.3, 0.4) is 0 Å². The van der Waals surface area contributed by atoms with E-state index in [9.17, 15) is 0 Å². The van der Waals surface area contributed by atoms with Crippen molar-refractivity contribution in [2.45, 2.75) is 6.42 Å². The minimum Gasteiger partial charge on any atom is -0.497 e. The van der Waals surface area contributed by atoms with Crippen LogP contribution in [-0.4, -0.2) is 23.9 Å². The molecule has 1 aromatic heterocycles. The third-order valence-electron chi connectivity index (χ3n) is 3.47. The lowest BCUT2D eigenvalue weighted by atomic mass is 10.1. The number of nitrogens with zero attached hydrogens (tertiary/aromatic N) is 1. The Balaban J connectivity index is 1.67. The molecule has 5 nitrogen and oxygen atoms in total. The Labute approximate surface area is 123 Å². The highest BCUT2D eigenvalue weighted by molar-refractivity contribution is 5.88. The summed E-state index contributed by atoms with van der Waals surface area (Å²) in [6, 6.07) is 12.0. The smallest absolute Gasteiger partial charge is 0.119 e. The lowest BCUT2D eigenvalue weighted by molar-refractivity contribution is 0.414. The van der Waals surface area contributed by atoms with E-state index in [0.717, 1.165) is 41.0 Å². The third-order valence-corrected chi connectivity index (χ3v) is 3.47. The van der Waals surface area contributed by atoms with Gasteiger partial charge in [0.1, 0.15) is 5.75 Å². The van der Waals surface area contributed by atoms with E-state index in [0.29, 0.717) is 0 Å². The van der Waals surface area contributed by atoms with Crippen LogP contribution in [0.4, 0.5) is 11.4 Å². The zero-order valence-electron chi connectivity index (χ0n) is 11.9. The minimum absolute atomic E-state index is 0.731. The molecule has 0 fully saturated rings. The summed E-state index contributed by atoms with van der Waals surface area (Å²) in [7, 11) is 1.68. The number of methoxy groups -OCH3 is 1. The van der Waals surface area contributed by atoms with Crippen LogP contribution < -0.4 is 15.8 Å². The zero-order valence-corrected chi connectivity index (χ0v) is 11.9. The Kier molecular flexibility index (Phi) is 3.64. The highest BCUT2D eigenvalue weighted by atomic mass is 16.5. The first kappa shape index (κ1) is 13.3. The molecule has 1 heterocycles. The molecule has 0 aliphatic heterocycles. The predicted octanol–water partition coefficient (Wildman–Crippen LogP) is 2.81. The number of nitrogens with two attached hydrogens (primary N) is 1. The van der Waals surface area contributed by atoms with Crippen LogP contribution in [0, 0.1) is 0 Å². The molecule has 4 N–H and O–H groups in total. The van der Waals surface area contributed by atoms with Crippen LogP contribution in [0.2, 0.25) is 0 Å². The van der Waals surface area contributed by atoms with Gasteiger partial charge in [0.2, 0.25) is 0 Å². The molecule has 3 aromatic rings. The molecule has 0 aliphatic carbocycles. The minimum atomic E-state index is 0.731. The second-order valence-electron chi connectivity index (χ2n) is 4.93. The van der Waals surface area contributed by atoms with Crippen molar-refractivity contribution in [3.8, 4) is 5.75 Å². The molecule has 0 saturated heterocycles. The topological polar surface area (TPSA) is 76.0 Å². The highest BCUT2D eigenvalue weighted by Crippen LogP contribution is 2.24. The molecular weight excluding hydrogens is 264 g/mol.